The van der Waals surface area contributed by atoms with Crippen molar-refractivity contribution in [2.45, 2.75) is 20.3 Å². The molecule has 1 heterocycles. The summed E-state index contributed by atoms with van der Waals surface area (Å²) in [6, 6.07) is 0. The third kappa shape index (κ3) is 2.18. The first-order valence-corrected chi connectivity index (χ1v) is 3.54. The molecule has 0 saturated carbocycles. The van der Waals surface area contributed by atoms with E-state index in [9.17, 15) is 0 Å². The lowest BCUT2D eigenvalue weighted by Gasteiger charge is -1.99. The predicted molar refractivity (Wildman–Crippen MR) is 45.9 cm³/mol. The summed E-state index contributed by atoms with van der Waals surface area (Å²) in [7, 11) is 1.63. The highest BCUT2D eigenvalue weighted by molar-refractivity contribution is 6.00. The molecule has 0 spiro atoms. The highest BCUT2D eigenvalue weighted by atomic mass is 16.5. The van der Waals surface area contributed by atoms with Gasteiger partial charge in [0, 0.05) is 5.71 Å². The smallest absolute Gasteiger partial charge is 0.193 e. The lowest BCUT2D eigenvalue weighted by Crippen LogP contribution is -2.05. The summed E-state index contributed by atoms with van der Waals surface area (Å²) in [5.74, 6) is 0.725. The molecule has 0 unspecified atom stereocenters. The van der Waals surface area contributed by atoms with Gasteiger partial charge in [-0.1, -0.05) is 0 Å². The number of allylic oxidation sites excluding steroid dienone is 1. The molecule has 11 heavy (non-hydrogen) atoms. The van der Waals surface area contributed by atoms with Crippen LogP contribution in [-0.2, 0) is 4.74 Å². The second-order valence-electron chi connectivity index (χ2n) is 2.52. The van der Waals surface area contributed by atoms with Gasteiger partial charge in [-0.2, -0.15) is 0 Å². The minimum Gasteiger partial charge on any atom is -0.484 e. The number of hydrogen-bond donors (Lipinski definition) is 0. The van der Waals surface area contributed by atoms with Gasteiger partial charge in [0.05, 0.1) is 25.4 Å². The highest BCUT2D eigenvalue weighted by Crippen LogP contribution is 2.05. The van der Waals surface area contributed by atoms with Gasteiger partial charge >= 0.3 is 0 Å². The van der Waals surface area contributed by atoms with Gasteiger partial charge in [-0.15, -0.1) is 0 Å². The number of nitrogens with zero attached hydrogens (tertiary/aromatic N) is 2. The molecule has 0 aromatic rings. The van der Waals surface area contributed by atoms with E-state index in [0.717, 1.165) is 17.3 Å². The summed E-state index contributed by atoms with van der Waals surface area (Å²) in [4.78, 5) is 8.35. The van der Waals surface area contributed by atoms with E-state index in [-0.39, 0.29) is 0 Å². The Morgan fingerprint density at radius 2 is 2.18 bits per heavy atom. The van der Waals surface area contributed by atoms with E-state index >= 15 is 0 Å². The molecule has 1 aliphatic rings. The first kappa shape index (κ1) is 7.98. The summed E-state index contributed by atoms with van der Waals surface area (Å²) in [6.45, 7) is 3.89. The Kier molecular flexibility index (Phi) is 2.41. The van der Waals surface area contributed by atoms with Crippen LogP contribution in [0, 0.1) is 0 Å². The lowest BCUT2D eigenvalue weighted by molar-refractivity contribution is 0.396. The van der Waals surface area contributed by atoms with Gasteiger partial charge in [0.25, 0.3) is 0 Å². The molecule has 0 aliphatic carbocycles. The molecular formula is C8H12N2O. The fourth-order valence-electron chi connectivity index (χ4n) is 0.924. The van der Waals surface area contributed by atoms with Crippen LogP contribution in [0.1, 0.15) is 20.3 Å². The Balaban J connectivity index is 2.85. The molecule has 1 aliphatic heterocycles. The molecule has 0 atom stereocenters. The average Bonchev–Trinajstić information content (AvgIpc) is 2.11. The van der Waals surface area contributed by atoms with E-state index in [1.807, 2.05) is 13.8 Å². The first-order valence-electron chi connectivity index (χ1n) is 3.54. The minimum atomic E-state index is 0.713. The highest BCUT2D eigenvalue weighted by Gasteiger charge is 2.03. The van der Waals surface area contributed by atoms with Crippen LogP contribution in [0.15, 0.2) is 21.9 Å². The van der Waals surface area contributed by atoms with Crippen LogP contribution in [-0.4, -0.2) is 18.7 Å². The third-order valence-electron chi connectivity index (χ3n) is 1.41. The van der Waals surface area contributed by atoms with Crippen molar-refractivity contribution in [3.05, 3.63) is 11.9 Å². The van der Waals surface area contributed by atoms with Crippen molar-refractivity contribution in [3.8, 4) is 0 Å². The molecular weight excluding hydrogens is 140 g/mol. The maximum Gasteiger partial charge on any atom is 0.193 e. The lowest BCUT2D eigenvalue weighted by atomic mass is 10.3. The zero-order chi connectivity index (χ0) is 8.27. The zero-order valence-corrected chi connectivity index (χ0v) is 7.09. The van der Waals surface area contributed by atoms with E-state index in [1.165, 1.54) is 0 Å². The zero-order valence-electron chi connectivity index (χ0n) is 7.09. The van der Waals surface area contributed by atoms with Crippen LogP contribution in [0.5, 0.6) is 0 Å². The number of aliphatic imine (C=N–C) groups is 2. The molecule has 0 bridgehead atoms. The Hall–Kier alpha value is -1.12. The largest absolute Gasteiger partial charge is 0.484 e. The first-order chi connectivity index (χ1) is 5.22. The molecule has 0 radical (unpaired) electrons. The van der Waals surface area contributed by atoms with Crippen molar-refractivity contribution < 1.29 is 4.74 Å². The van der Waals surface area contributed by atoms with Crippen LogP contribution in [0.4, 0.5) is 0 Å². The third-order valence-corrected chi connectivity index (χ3v) is 1.41. The average molecular weight is 152 g/mol. The SMILES string of the molecule is COC1=NC=C(C)N=C(C)C1. The summed E-state index contributed by atoms with van der Waals surface area (Å²) in [5.41, 5.74) is 1.96. The number of rotatable bonds is 0. The summed E-state index contributed by atoms with van der Waals surface area (Å²) in [6.07, 6.45) is 2.43. The maximum atomic E-state index is 5.01. The topological polar surface area (TPSA) is 34.0 Å². The molecule has 1 rings (SSSR count). The number of hydrogen-bond acceptors (Lipinski definition) is 3. The van der Waals surface area contributed by atoms with E-state index in [0.29, 0.717) is 6.42 Å². The van der Waals surface area contributed by atoms with Gasteiger partial charge in [-0.05, 0) is 13.8 Å². The maximum absolute atomic E-state index is 5.01. The summed E-state index contributed by atoms with van der Waals surface area (Å²) < 4.78 is 5.01. The Morgan fingerprint density at radius 3 is 2.82 bits per heavy atom. The van der Waals surface area contributed by atoms with E-state index in [1.54, 1.807) is 13.3 Å². The molecule has 0 amide bonds. The van der Waals surface area contributed by atoms with Crippen LogP contribution in [0.2, 0.25) is 0 Å². The van der Waals surface area contributed by atoms with Crippen LogP contribution >= 0.6 is 0 Å². The normalized spacial score (nSPS) is 17.9. The fourth-order valence-corrected chi connectivity index (χ4v) is 0.924. The number of methoxy groups -OCH3 is 1. The quantitative estimate of drug-likeness (QED) is 0.520. The van der Waals surface area contributed by atoms with Gasteiger partial charge in [0.15, 0.2) is 5.90 Å². The Bertz CT molecular complexity index is 238. The van der Waals surface area contributed by atoms with Gasteiger partial charge in [-0.3, -0.25) is 4.99 Å². The molecule has 0 fully saturated rings. The van der Waals surface area contributed by atoms with E-state index < -0.39 is 0 Å². The predicted octanol–water partition coefficient (Wildman–Crippen LogP) is 1.76. The van der Waals surface area contributed by atoms with Crippen LogP contribution < -0.4 is 0 Å². The van der Waals surface area contributed by atoms with Gasteiger partial charge in [-0.25, -0.2) is 4.99 Å². The summed E-state index contributed by atoms with van der Waals surface area (Å²) in [5, 5.41) is 0. The van der Waals surface area contributed by atoms with Crippen LogP contribution in [0.25, 0.3) is 0 Å². The summed E-state index contributed by atoms with van der Waals surface area (Å²) >= 11 is 0. The number of ether oxygens (including phenoxy) is 1. The molecule has 0 aromatic heterocycles. The Labute approximate surface area is 66.5 Å². The van der Waals surface area contributed by atoms with Crippen molar-refractivity contribution in [3.63, 3.8) is 0 Å². The fraction of sp³-hybridized carbons (Fsp3) is 0.500. The molecule has 0 aromatic carbocycles. The molecule has 3 heteroatoms. The van der Waals surface area contributed by atoms with Gasteiger partial charge in [0.2, 0.25) is 0 Å². The molecule has 0 saturated heterocycles. The standard InChI is InChI=1S/C8H12N2O/c1-6-4-8(11-3)9-5-7(2)10-6/h5H,4H2,1-3H3. The minimum absolute atomic E-state index is 0.713. The second-order valence-corrected chi connectivity index (χ2v) is 2.52. The van der Waals surface area contributed by atoms with Crippen LogP contribution in [0.3, 0.4) is 0 Å². The van der Waals surface area contributed by atoms with Gasteiger partial charge in [0.1, 0.15) is 0 Å². The van der Waals surface area contributed by atoms with Crippen molar-refractivity contribution in [1.29, 1.82) is 0 Å². The van der Waals surface area contributed by atoms with E-state index in [2.05, 4.69) is 9.98 Å². The van der Waals surface area contributed by atoms with E-state index in [4.69, 9.17) is 4.74 Å². The van der Waals surface area contributed by atoms with Crippen molar-refractivity contribution >= 4 is 11.6 Å². The van der Waals surface area contributed by atoms with Crippen molar-refractivity contribution in [2.24, 2.45) is 9.98 Å². The van der Waals surface area contributed by atoms with Gasteiger partial charge < -0.3 is 4.74 Å². The molecule has 3 nitrogen and oxygen atoms in total. The van der Waals surface area contributed by atoms with Crippen molar-refractivity contribution in [1.82, 2.24) is 0 Å². The second kappa shape index (κ2) is 3.32. The Morgan fingerprint density at radius 1 is 1.45 bits per heavy atom. The molecule has 60 valence electrons. The monoisotopic (exact) mass is 152 g/mol. The van der Waals surface area contributed by atoms with Crippen molar-refractivity contribution in [2.75, 3.05) is 7.11 Å². The molecule has 0 N–H and O–H groups in total.